The number of allylic oxidation sites excluding steroid dienone is 2. The normalized spacial score (nSPS) is 12.3. The summed E-state index contributed by atoms with van der Waals surface area (Å²) in [5.41, 5.74) is 0. The zero-order valence-corrected chi connectivity index (χ0v) is 21.1. The van der Waals surface area contributed by atoms with E-state index in [1.165, 1.54) is 116 Å². The lowest BCUT2D eigenvalue weighted by atomic mass is 10.1. The van der Waals surface area contributed by atoms with Gasteiger partial charge in [0.2, 0.25) is 0 Å². The molecule has 0 aliphatic heterocycles. The topological polar surface area (TPSA) is 35.1 Å². The lowest BCUT2D eigenvalue weighted by Crippen LogP contribution is -2.34. The average Bonchev–Trinajstić information content (AvgIpc) is 2.70. The fourth-order valence-corrected chi connectivity index (χ4v) is 3.91. The van der Waals surface area contributed by atoms with Crippen LogP contribution in [-0.2, 0) is 0 Å². The Morgan fingerprint density at radius 1 is 0.567 bits per heavy atom. The summed E-state index contributed by atoms with van der Waals surface area (Å²) < 4.78 is -0.169. The van der Waals surface area contributed by atoms with Crippen LogP contribution in [0.4, 0.5) is 0 Å². The van der Waals surface area contributed by atoms with Gasteiger partial charge in [0.15, 0.2) is 0 Å². The molecule has 0 heterocycles. The Morgan fingerprint density at radius 3 is 1.43 bits per heavy atom. The van der Waals surface area contributed by atoms with Gasteiger partial charge in [-0.15, -0.1) is 0 Å². The number of hydroxylamine groups is 3. The quantitative estimate of drug-likeness (QED) is 0.0734. The highest BCUT2D eigenvalue weighted by Gasteiger charge is 2.00. The monoisotopic (exact) mass is 424 g/mol. The second-order valence-corrected chi connectivity index (χ2v) is 9.75. The predicted octanol–water partition coefficient (Wildman–Crippen LogP) is 8.14. The molecule has 0 aliphatic carbocycles. The van der Waals surface area contributed by atoms with Crippen LogP contribution < -0.4 is 5.32 Å². The number of nitrogens with zero attached hydrogens (tertiary/aromatic N) is 1. The number of nitrogens with one attached hydrogen (secondary N) is 1. The molecule has 180 valence electrons. The van der Waals surface area contributed by atoms with Gasteiger partial charge in [0.1, 0.15) is 0 Å². The lowest BCUT2D eigenvalue weighted by Gasteiger charge is -2.33. The van der Waals surface area contributed by atoms with Crippen LogP contribution in [0.2, 0.25) is 0 Å². The highest BCUT2D eigenvalue weighted by atomic mass is 16.5. The predicted molar refractivity (Wildman–Crippen MR) is 136 cm³/mol. The van der Waals surface area contributed by atoms with Crippen molar-refractivity contribution in [2.75, 3.05) is 33.7 Å². The minimum Gasteiger partial charge on any atom is -0.633 e. The minimum absolute atomic E-state index is 0.169. The Kier molecular flexibility index (Phi) is 23.0. The van der Waals surface area contributed by atoms with Gasteiger partial charge >= 0.3 is 0 Å². The second kappa shape index (κ2) is 23.3. The van der Waals surface area contributed by atoms with E-state index in [-0.39, 0.29) is 4.65 Å². The molecule has 3 heteroatoms. The van der Waals surface area contributed by atoms with E-state index >= 15 is 0 Å². The SMILES string of the molecule is CCCCCCCC/C=C\CCCCCCCCCCCCNCCC[N+](C)(C)[O-]. The van der Waals surface area contributed by atoms with Crippen molar-refractivity contribution in [3.05, 3.63) is 17.4 Å². The van der Waals surface area contributed by atoms with Gasteiger partial charge in [-0.1, -0.05) is 103 Å². The van der Waals surface area contributed by atoms with Crippen LogP contribution in [0.15, 0.2) is 12.2 Å². The maximum atomic E-state index is 11.4. The Bertz CT molecular complexity index is 349. The van der Waals surface area contributed by atoms with Crippen LogP contribution in [0.1, 0.15) is 129 Å². The number of hydrogen-bond donors (Lipinski definition) is 1. The summed E-state index contributed by atoms with van der Waals surface area (Å²) >= 11 is 0. The first kappa shape index (κ1) is 29.6. The summed E-state index contributed by atoms with van der Waals surface area (Å²) in [7, 11) is 3.44. The molecule has 30 heavy (non-hydrogen) atoms. The smallest absolute Gasteiger partial charge is 0.0792 e. The van der Waals surface area contributed by atoms with Gasteiger partial charge in [0, 0.05) is 13.0 Å². The zero-order valence-electron chi connectivity index (χ0n) is 21.1. The van der Waals surface area contributed by atoms with Crippen molar-refractivity contribution < 1.29 is 4.65 Å². The molecule has 0 saturated heterocycles. The fraction of sp³-hybridized carbons (Fsp3) is 0.926. The van der Waals surface area contributed by atoms with E-state index in [1.807, 2.05) is 0 Å². The number of quaternary nitrogens is 1. The van der Waals surface area contributed by atoms with Crippen LogP contribution >= 0.6 is 0 Å². The van der Waals surface area contributed by atoms with E-state index in [0.717, 1.165) is 19.5 Å². The summed E-state index contributed by atoms with van der Waals surface area (Å²) in [5, 5.41) is 14.9. The van der Waals surface area contributed by atoms with Crippen molar-refractivity contribution in [1.29, 1.82) is 0 Å². The third kappa shape index (κ3) is 27.6. The summed E-state index contributed by atoms with van der Waals surface area (Å²) in [6, 6.07) is 0. The van der Waals surface area contributed by atoms with Crippen LogP contribution in [0.25, 0.3) is 0 Å². The van der Waals surface area contributed by atoms with Gasteiger partial charge < -0.3 is 15.2 Å². The molecular weight excluding hydrogens is 368 g/mol. The first-order valence-electron chi connectivity index (χ1n) is 13.5. The summed E-state index contributed by atoms with van der Waals surface area (Å²) in [5.74, 6) is 0. The maximum Gasteiger partial charge on any atom is 0.0792 e. The molecule has 0 aromatic heterocycles. The van der Waals surface area contributed by atoms with Crippen molar-refractivity contribution >= 4 is 0 Å². The highest BCUT2D eigenvalue weighted by Crippen LogP contribution is 2.12. The van der Waals surface area contributed by atoms with E-state index in [9.17, 15) is 5.21 Å². The molecule has 0 saturated carbocycles. The van der Waals surface area contributed by atoms with Crippen molar-refractivity contribution in [2.24, 2.45) is 0 Å². The molecular formula is C27H56N2O. The van der Waals surface area contributed by atoms with E-state index in [4.69, 9.17) is 0 Å². The molecule has 0 fully saturated rings. The van der Waals surface area contributed by atoms with Crippen molar-refractivity contribution in [1.82, 2.24) is 5.32 Å². The summed E-state index contributed by atoms with van der Waals surface area (Å²) in [6.07, 6.45) is 30.7. The molecule has 0 atom stereocenters. The average molecular weight is 425 g/mol. The molecule has 1 N–H and O–H groups in total. The molecule has 0 amide bonds. The summed E-state index contributed by atoms with van der Waals surface area (Å²) in [4.78, 5) is 0. The van der Waals surface area contributed by atoms with Crippen molar-refractivity contribution in [3.8, 4) is 0 Å². The van der Waals surface area contributed by atoms with E-state index in [2.05, 4.69) is 24.4 Å². The fourth-order valence-electron chi connectivity index (χ4n) is 3.91. The van der Waals surface area contributed by atoms with E-state index in [1.54, 1.807) is 14.1 Å². The van der Waals surface area contributed by atoms with Crippen LogP contribution in [0.3, 0.4) is 0 Å². The van der Waals surface area contributed by atoms with Gasteiger partial charge in [-0.2, -0.15) is 0 Å². The first-order chi connectivity index (χ1) is 14.6. The Hall–Kier alpha value is -0.380. The second-order valence-electron chi connectivity index (χ2n) is 9.75. The molecule has 0 bridgehead atoms. The maximum absolute atomic E-state index is 11.4. The molecule has 0 rings (SSSR count). The van der Waals surface area contributed by atoms with Gasteiger partial charge in [-0.25, -0.2) is 0 Å². The Labute approximate surface area is 190 Å². The number of rotatable bonds is 24. The lowest BCUT2D eigenvalue weighted by molar-refractivity contribution is -0.840. The zero-order chi connectivity index (χ0) is 22.2. The molecule has 0 radical (unpaired) electrons. The summed E-state index contributed by atoms with van der Waals surface area (Å²) in [6.45, 7) is 5.09. The van der Waals surface area contributed by atoms with Gasteiger partial charge in [-0.3, -0.25) is 0 Å². The molecule has 0 aliphatic rings. The van der Waals surface area contributed by atoms with Crippen LogP contribution in [0.5, 0.6) is 0 Å². The number of hydrogen-bond acceptors (Lipinski definition) is 2. The largest absolute Gasteiger partial charge is 0.633 e. The minimum atomic E-state index is -0.169. The van der Waals surface area contributed by atoms with E-state index < -0.39 is 0 Å². The van der Waals surface area contributed by atoms with Gasteiger partial charge in [-0.05, 0) is 38.6 Å². The Morgan fingerprint density at radius 2 is 0.967 bits per heavy atom. The number of unbranched alkanes of at least 4 members (excludes halogenated alkanes) is 16. The highest BCUT2D eigenvalue weighted by molar-refractivity contribution is 4.81. The Balaban J connectivity index is 3.09. The van der Waals surface area contributed by atoms with Gasteiger partial charge in [0.25, 0.3) is 0 Å². The standard InChI is InChI=1S/C27H56N2O/c1-4-5-6-7-8-9-10-11-12-13-14-15-16-17-18-19-20-21-22-23-25-28-26-24-27-29(2,3)30/h11-12,28H,4-10,13-27H2,1-3H3/b12-11-. The molecule has 0 spiro atoms. The van der Waals surface area contributed by atoms with Crippen molar-refractivity contribution in [2.45, 2.75) is 129 Å². The van der Waals surface area contributed by atoms with Crippen molar-refractivity contribution in [3.63, 3.8) is 0 Å². The van der Waals surface area contributed by atoms with Gasteiger partial charge in [0.05, 0.1) is 20.6 Å². The third-order valence-electron chi connectivity index (χ3n) is 5.92. The van der Waals surface area contributed by atoms with Crippen LogP contribution in [0, 0.1) is 5.21 Å². The third-order valence-corrected chi connectivity index (χ3v) is 5.92. The molecule has 3 nitrogen and oxygen atoms in total. The first-order valence-corrected chi connectivity index (χ1v) is 13.5. The van der Waals surface area contributed by atoms with E-state index in [0.29, 0.717) is 6.54 Å². The molecule has 0 aromatic carbocycles. The van der Waals surface area contributed by atoms with Crippen LogP contribution in [-0.4, -0.2) is 38.4 Å². The molecule has 0 unspecified atom stereocenters. The molecule has 0 aromatic rings.